The third-order valence-electron chi connectivity index (χ3n) is 3.91. The number of nitrogens with one attached hydrogen (secondary N) is 2. The molecule has 138 valence electrons. The summed E-state index contributed by atoms with van der Waals surface area (Å²) in [5.41, 5.74) is 5.01. The lowest BCUT2D eigenvalue weighted by Gasteiger charge is -2.16. The van der Waals surface area contributed by atoms with Gasteiger partial charge < -0.3 is 0 Å². The molecule has 1 heterocycles. The summed E-state index contributed by atoms with van der Waals surface area (Å²) in [5.74, 6) is -1.62. The van der Waals surface area contributed by atoms with E-state index in [2.05, 4.69) is 10.9 Å². The van der Waals surface area contributed by atoms with Crippen LogP contribution in [0.3, 0.4) is 0 Å². The Hall–Kier alpha value is -3.30. The molecule has 27 heavy (non-hydrogen) atoms. The van der Waals surface area contributed by atoms with Crippen molar-refractivity contribution in [2.75, 3.05) is 4.90 Å². The molecule has 0 radical (unpaired) electrons. The number of nitro groups is 1. The summed E-state index contributed by atoms with van der Waals surface area (Å²) in [7, 11) is 0. The summed E-state index contributed by atoms with van der Waals surface area (Å²) in [5, 5.41) is 11.2. The van der Waals surface area contributed by atoms with Crippen LogP contribution < -0.4 is 15.8 Å². The molecule has 1 fully saturated rings. The minimum absolute atomic E-state index is 0.0445. The maximum absolute atomic E-state index is 12.5. The van der Waals surface area contributed by atoms with Crippen molar-refractivity contribution in [3.05, 3.63) is 69.2 Å². The molecule has 0 spiro atoms. The zero-order valence-corrected chi connectivity index (χ0v) is 14.5. The molecule has 2 aromatic carbocycles. The monoisotopic (exact) mass is 388 g/mol. The number of carbonyl (C=O) groups excluding carboxylic acids is 3. The van der Waals surface area contributed by atoms with E-state index in [9.17, 15) is 24.5 Å². The summed E-state index contributed by atoms with van der Waals surface area (Å²) >= 11 is 5.80. The number of hydrazine groups is 1. The number of halogens is 1. The minimum atomic E-state index is -0.948. The Morgan fingerprint density at radius 1 is 1.19 bits per heavy atom. The van der Waals surface area contributed by atoms with Crippen LogP contribution in [0.5, 0.6) is 0 Å². The van der Waals surface area contributed by atoms with Gasteiger partial charge in [0.2, 0.25) is 5.91 Å². The zero-order chi connectivity index (χ0) is 19.6. The fourth-order valence-electron chi connectivity index (χ4n) is 2.59. The molecule has 3 rings (SSSR count). The lowest BCUT2D eigenvalue weighted by Crippen LogP contribution is -2.48. The van der Waals surface area contributed by atoms with Crippen molar-refractivity contribution in [2.24, 2.45) is 0 Å². The standard InChI is InChI=1S/C17H13ClN4O5/c18-11-4-6-12(7-5-11)21-15(23)9-14(17(21)25)19-20-16(24)10-2-1-3-13(8-10)22(26)27/h1-8,14,19H,9H2,(H,20,24). The topological polar surface area (TPSA) is 122 Å². The first-order valence-corrected chi connectivity index (χ1v) is 8.17. The van der Waals surface area contributed by atoms with Gasteiger partial charge in [0, 0.05) is 22.7 Å². The van der Waals surface area contributed by atoms with E-state index in [1.54, 1.807) is 24.3 Å². The van der Waals surface area contributed by atoms with Crippen LogP contribution in [-0.2, 0) is 9.59 Å². The number of anilines is 1. The van der Waals surface area contributed by atoms with Crippen molar-refractivity contribution >= 4 is 40.7 Å². The molecule has 1 atom stereocenters. The van der Waals surface area contributed by atoms with Gasteiger partial charge in [-0.3, -0.25) is 29.9 Å². The third kappa shape index (κ3) is 3.94. The number of hydrogen-bond donors (Lipinski definition) is 2. The number of imide groups is 1. The van der Waals surface area contributed by atoms with Gasteiger partial charge in [0.05, 0.1) is 17.0 Å². The zero-order valence-electron chi connectivity index (χ0n) is 13.7. The largest absolute Gasteiger partial charge is 0.287 e. The summed E-state index contributed by atoms with van der Waals surface area (Å²) in [6, 6.07) is 10.4. The second kappa shape index (κ2) is 7.52. The normalized spacial score (nSPS) is 16.5. The van der Waals surface area contributed by atoms with Gasteiger partial charge in [-0.2, -0.15) is 0 Å². The lowest BCUT2D eigenvalue weighted by atomic mass is 10.2. The fourth-order valence-corrected chi connectivity index (χ4v) is 2.72. The number of non-ortho nitro benzene ring substituents is 1. The highest BCUT2D eigenvalue weighted by molar-refractivity contribution is 6.30. The molecule has 0 aromatic heterocycles. The van der Waals surface area contributed by atoms with Crippen molar-refractivity contribution in [3.63, 3.8) is 0 Å². The van der Waals surface area contributed by atoms with E-state index in [4.69, 9.17) is 11.6 Å². The summed E-state index contributed by atoms with van der Waals surface area (Å²) in [6.45, 7) is 0. The van der Waals surface area contributed by atoms with Gasteiger partial charge >= 0.3 is 0 Å². The predicted molar refractivity (Wildman–Crippen MR) is 96.0 cm³/mol. The number of hydrogen-bond acceptors (Lipinski definition) is 6. The first-order valence-electron chi connectivity index (χ1n) is 7.79. The van der Waals surface area contributed by atoms with E-state index < -0.39 is 28.7 Å². The number of nitrogens with zero attached hydrogens (tertiary/aromatic N) is 2. The Morgan fingerprint density at radius 2 is 1.89 bits per heavy atom. The first-order chi connectivity index (χ1) is 12.9. The molecule has 3 amide bonds. The molecule has 1 unspecified atom stereocenters. The maximum atomic E-state index is 12.5. The molecule has 1 saturated heterocycles. The molecular weight excluding hydrogens is 376 g/mol. The van der Waals surface area contributed by atoms with Crippen molar-refractivity contribution < 1.29 is 19.3 Å². The Labute approximate surface area is 158 Å². The van der Waals surface area contributed by atoms with Crippen LogP contribution in [0.1, 0.15) is 16.8 Å². The molecule has 2 N–H and O–H groups in total. The highest BCUT2D eigenvalue weighted by Gasteiger charge is 2.39. The maximum Gasteiger partial charge on any atom is 0.270 e. The van der Waals surface area contributed by atoms with Gasteiger partial charge in [0.15, 0.2) is 0 Å². The first kappa shape index (κ1) is 18.5. The van der Waals surface area contributed by atoms with Gasteiger partial charge in [-0.1, -0.05) is 17.7 Å². The number of nitro benzene ring substituents is 1. The van der Waals surface area contributed by atoms with Gasteiger partial charge in [0.1, 0.15) is 6.04 Å². The Kier molecular flexibility index (Phi) is 5.15. The molecular formula is C17H13ClN4O5. The molecule has 0 bridgehead atoms. The van der Waals surface area contributed by atoms with Gasteiger partial charge in [-0.15, -0.1) is 0 Å². The lowest BCUT2D eigenvalue weighted by molar-refractivity contribution is -0.384. The summed E-state index contributed by atoms with van der Waals surface area (Å²) in [4.78, 5) is 47.9. The molecule has 10 heteroatoms. The molecule has 9 nitrogen and oxygen atoms in total. The van der Waals surface area contributed by atoms with Crippen molar-refractivity contribution in [1.82, 2.24) is 10.9 Å². The van der Waals surface area contributed by atoms with Crippen LogP contribution in [0.25, 0.3) is 0 Å². The van der Waals surface area contributed by atoms with Crippen LogP contribution in [0.4, 0.5) is 11.4 Å². The minimum Gasteiger partial charge on any atom is -0.287 e. The van der Waals surface area contributed by atoms with Crippen LogP contribution in [-0.4, -0.2) is 28.7 Å². The summed E-state index contributed by atoms with van der Waals surface area (Å²) in [6.07, 6.45) is -0.142. The number of benzene rings is 2. The van der Waals surface area contributed by atoms with Crippen LogP contribution in [0.2, 0.25) is 5.02 Å². The second-order valence-corrected chi connectivity index (χ2v) is 6.14. The molecule has 1 aliphatic heterocycles. The predicted octanol–water partition coefficient (Wildman–Crippen LogP) is 1.81. The second-order valence-electron chi connectivity index (χ2n) is 5.71. The van der Waals surface area contributed by atoms with E-state index in [1.165, 1.54) is 18.2 Å². The number of carbonyl (C=O) groups is 3. The van der Waals surface area contributed by atoms with Gasteiger partial charge in [-0.05, 0) is 30.3 Å². The van der Waals surface area contributed by atoms with Crippen LogP contribution in [0, 0.1) is 10.1 Å². The number of amides is 3. The van der Waals surface area contributed by atoms with E-state index in [0.29, 0.717) is 10.7 Å². The Bertz CT molecular complexity index is 931. The smallest absolute Gasteiger partial charge is 0.270 e. The highest BCUT2D eigenvalue weighted by atomic mass is 35.5. The molecule has 1 aliphatic rings. The highest BCUT2D eigenvalue weighted by Crippen LogP contribution is 2.24. The van der Waals surface area contributed by atoms with Crippen LogP contribution in [0.15, 0.2) is 48.5 Å². The molecule has 0 aliphatic carbocycles. The Balaban J connectivity index is 1.66. The van der Waals surface area contributed by atoms with Gasteiger partial charge in [0.25, 0.3) is 17.5 Å². The van der Waals surface area contributed by atoms with E-state index in [-0.39, 0.29) is 17.7 Å². The van der Waals surface area contributed by atoms with E-state index in [0.717, 1.165) is 11.0 Å². The van der Waals surface area contributed by atoms with E-state index >= 15 is 0 Å². The van der Waals surface area contributed by atoms with Crippen molar-refractivity contribution in [2.45, 2.75) is 12.5 Å². The average molecular weight is 389 g/mol. The quantitative estimate of drug-likeness (QED) is 0.457. The average Bonchev–Trinajstić information content (AvgIpc) is 2.94. The fraction of sp³-hybridized carbons (Fsp3) is 0.118. The molecule has 0 saturated carbocycles. The molecule has 2 aromatic rings. The Morgan fingerprint density at radius 3 is 2.56 bits per heavy atom. The van der Waals surface area contributed by atoms with Gasteiger partial charge in [-0.25, -0.2) is 10.3 Å². The summed E-state index contributed by atoms with van der Waals surface area (Å²) < 4.78 is 0. The van der Waals surface area contributed by atoms with E-state index in [1.807, 2.05) is 0 Å². The van der Waals surface area contributed by atoms with Crippen LogP contribution >= 0.6 is 11.6 Å². The van der Waals surface area contributed by atoms with Crippen molar-refractivity contribution in [1.29, 1.82) is 0 Å². The third-order valence-corrected chi connectivity index (χ3v) is 4.16. The SMILES string of the molecule is O=C(NNC1CC(=O)N(c2ccc(Cl)cc2)C1=O)c1cccc([N+](=O)[O-])c1. The number of rotatable bonds is 5. The van der Waals surface area contributed by atoms with Crippen molar-refractivity contribution in [3.8, 4) is 0 Å².